The lowest BCUT2D eigenvalue weighted by molar-refractivity contribution is -0.112. The zero-order valence-corrected chi connectivity index (χ0v) is 14.4. The van der Waals surface area contributed by atoms with Crippen molar-refractivity contribution < 1.29 is 4.79 Å². The molecule has 0 aromatic heterocycles. The van der Waals surface area contributed by atoms with Crippen LogP contribution in [0.15, 0.2) is 64.8 Å². The molecule has 0 aliphatic heterocycles. The minimum absolute atomic E-state index is 0.00272. The van der Waals surface area contributed by atoms with Gasteiger partial charge in [-0.3, -0.25) is 4.79 Å². The zero-order chi connectivity index (χ0) is 16.7. The van der Waals surface area contributed by atoms with E-state index in [2.05, 4.69) is 26.6 Å². The number of carbonyl (C=O) groups is 1. The van der Waals surface area contributed by atoms with Gasteiger partial charge in [0.1, 0.15) is 11.6 Å². The van der Waals surface area contributed by atoms with E-state index >= 15 is 0 Å². The molecule has 2 aromatic rings. The Morgan fingerprint density at radius 2 is 1.83 bits per heavy atom. The average Bonchev–Trinajstić information content (AvgIpc) is 2.55. The van der Waals surface area contributed by atoms with E-state index in [0.29, 0.717) is 17.3 Å². The van der Waals surface area contributed by atoms with Crippen molar-refractivity contribution in [3.05, 3.63) is 75.4 Å². The molecule has 0 radical (unpaired) electrons. The molecule has 4 nitrogen and oxygen atoms in total. The maximum absolute atomic E-state index is 12.0. The maximum atomic E-state index is 12.0. The summed E-state index contributed by atoms with van der Waals surface area (Å²) in [5.41, 5.74) is 1.62. The van der Waals surface area contributed by atoms with Gasteiger partial charge in [-0.15, -0.1) is 0 Å². The topological polar surface area (TPSA) is 64.9 Å². The van der Waals surface area contributed by atoms with E-state index in [-0.39, 0.29) is 5.57 Å². The van der Waals surface area contributed by atoms with Gasteiger partial charge in [-0.1, -0.05) is 39.7 Å². The number of hydrogen-bond acceptors (Lipinski definition) is 3. The lowest BCUT2D eigenvalue weighted by Gasteiger charge is -2.05. The first-order valence-corrected chi connectivity index (χ1v) is 7.90. The van der Waals surface area contributed by atoms with Gasteiger partial charge in [-0.05, 0) is 42.0 Å². The summed E-state index contributed by atoms with van der Waals surface area (Å²) < 4.78 is 0.997. The van der Waals surface area contributed by atoms with Crippen molar-refractivity contribution >= 4 is 39.1 Å². The fourth-order valence-corrected chi connectivity index (χ4v) is 2.14. The molecule has 1 amide bonds. The number of nitrogens with zero attached hydrogens (tertiary/aromatic N) is 1. The molecule has 2 rings (SSSR count). The number of nitriles is 1. The van der Waals surface area contributed by atoms with Gasteiger partial charge in [0.2, 0.25) is 0 Å². The molecule has 0 atom stereocenters. The van der Waals surface area contributed by atoms with E-state index in [0.717, 1.165) is 10.0 Å². The van der Waals surface area contributed by atoms with Crippen LogP contribution in [0, 0.1) is 11.3 Å². The number of benzene rings is 2. The van der Waals surface area contributed by atoms with Crippen LogP contribution in [0.1, 0.15) is 5.56 Å². The van der Waals surface area contributed by atoms with Crippen LogP contribution in [0.2, 0.25) is 5.02 Å². The molecule has 0 saturated carbocycles. The molecule has 0 aliphatic carbocycles. The van der Waals surface area contributed by atoms with Crippen molar-refractivity contribution in [2.75, 3.05) is 5.32 Å². The number of carbonyl (C=O) groups excluding carboxylic acids is 1. The quantitative estimate of drug-likeness (QED) is 0.593. The molecule has 2 N–H and O–H groups in total. The van der Waals surface area contributed by atoms with Crippen molar-refractivity contribution in [1.29, 1.82) is 5.26 Å². The van der Waals surface area contributed by atoms with Crippen LogP contribution in [0.4, 0.5) is 5.69 Å². The number of hydrogen-bond donors (Lipinski definition) is 2. The molecule has 6 heteroatoms. The van der Waals surface area contributed by atoms with Crippen molar-refractivity contribution in [3.63, 3.8) is 0 Å². The van der Waals surface area contributed by atoms with Crippen LogP contribution >= 0.6 is 27.5 Å². The zero-order valence-electron chi connectivity index (χ0n) is 12.0. The summed E-state index contributed by atoms with van der Waals surface area (Å²) in [6.45, 7) is 0.521. The summed E-state index contributed by atoms with van der Waals surface area (Å²) >= 11 is 9.15. The molecule has 116 valence electrons. The number of nitrogens with one attached hydrogen (secondary N) is 2. The molecule has 0 unspecified atom stereocenters. The highest BCUT2D eigenvalue weighted by Gasteiger charge is 2.08. The summed E-state index contributed by atoms with van der Waals surface area (Å²) in [6.07, 6.45) is 1.41. The third-order valence-corrected chi connectivity index (χ3v) is 3.71. The van der Waals surface area contributed by atoms with Crippen molar-refractivity contribution in [3.8, 4) is 6.07 Å². The van der Waals surface area contributed by atoms with Crippen molar-refractivity contribution in [2.45, 2.75) is 6.54 Å². The van der Waals surface area contributed by atoms with Gasteiger partial charge in [0, 0.05) is 27.9 Å². The largest absolute Gasteiger partial charge is 0.386 e. The van der Waals surface area contributed by atoms with Crippen LogP contribution in [0.3, 0.4) is 0 Å². The number of anilines is 1. The van der Waals surface area contributed by atoms with Gasteiger partial charge in [-0.2, -0.15) is 5.26 Å². The molecular formula is C17H13BrClN3O. The maximum Gasteiger partial charge on any atom is 0.267 e. The Balaban J connectivity index is 1.95. The lowest BCUT2D eigenvalue weighted by Crippen LogP contribution is -2.16. The van der Waals surface area contributed by atoms with Gasteiger partial charge >= 0.3 is 0 Å². The van der Waals surface area contributed by atoms with E-state index in [1.54, 1.807) is 24.3 Å². The molecule has 0 bridgehead atoms. The third kappa shape index (κ3) is 5.44. The first kappa shape index (κ1) is 17.1. The Labute approximate surface area is 147 Å². The fraction of sp³-hybridized carbons (Fsp3) is 0.0588. The number of rotatable bonds is 5. The second kappa shape index (κ2) is 8.37. The standard InChI is InChI=1S/C17H13BrClN3O/c18-14-3-1-12(2-4-14)10-21-11-13(9-20)17(23)22-16-7-5-15(19)6-8-16/h1-8,11,21H,10H2,(H,22,23)/b13-11-. The minimum Gasteiger partial charge on any atom is -0.386 e. The summed E-state index contributed by atoms with van der Waals surface area (Å²) in [6, 6.07) is 16.3. The van der Waals surface area contributed by atoms with Crippen molar-refractivity contribution in [1.82, 2.24) is 5.32 Å². The minimum atomic E-state index is -0.474. The molecule has 0 saturated heterocycles. The van der Waals surface area contributed by atoms with Crippen LogP contribution in [0.5, 0.6) is 0 Å². The summed E-state index contributed by atoms with van der Waals surface area (Å²) in [5, 5.41) is 15.3. The molecule has 0 aliphatic rings. The van der Waals surface area contributed by atoms with Gasteiger partial charge < -0.3 is 10.6 Å². The molecule has 0 spiro atoms. The fourth-order valence-electron chi connectivity index (χ4n) is 1.75. The molecule has 0 heterocycles. The van der Waals surface area contributed by atoms with Gasteiger partial charge in [0.25, 0.3) is 5.91 Å². The van der Waals surface area contributed by atoms with Gasteiger partial charge in [0.15, 0.2) is 0 Å². The smallest absolute Gasteiger partial charge is 0.267 e. The summed E-state index contributed by atoms with van der Waals surface area (Å²) in [5.74, 6) is -0.474. The van der Waals surface area contributed by atoms with Crippen molar-refractivity contribution in [2.24, 2.45) is 0 Å². The van der Waals surface area contributed by atoms with E-state index in [1.165, 1.54) is 6.20 Å². The molecule has 23 heavy (non-hydrogen) atoms. The summed E-state index contributed by atoms with van der Waals surface area (Å²) in [4.78, 5) is 12.0. The number of halogens is 2. The Kier molecular flexibility index (Phi) is 6.21. The monoisotopic (exact) mass is 389 g/mol. The highest BCUT2D eigenvalue weighted by molar-refractivity contribution is 9.10. The lowest BCUT2D eigenvalue weighted by atomic mass is 10.2. The Hall–Kier alpha value is -2.29. The Morgan fingerprint density at radius 1 is 1.17 bits per heavy atom. The van der Waals surface area contributed by atoms with E-state index in [4.69, 9.17) is 16.9 Å². The van der Waals surface area contributed by atoms with Crippen LogP contribution in [-0.4, -0.2) is 5.91 Å². The normalized spacial score (nSPS) is 10.7. The number of amides is 1. The second-order valence-corrected chi connectivity index (χ2v) is 5.99. The summed E-state index contributed by atoms with van der Waals surface area (Å²) in [7, 11) is 0. The highest BCUT2D eigenvalue weighted by Crippen LogP contribution is 2.14. The SMILES string of the molecule is N#C/C(=C/NCc1ccc(Br)cc1)C(=O)Nc1ccc(Cl)cc1. The molecule has 0 fully saturated rings. The van der Waals surface area contributed by atoms with E-state index in [1.807, 2.05) is 30.3 Å². The Bertz CT molecular complexity index is 749. The van der Waals surface area contributed by atoms with Gasteiger partial charge in [-0.25, -0.2) is 0 Å². The van der Waals surface area contributed by atoms with Crippen LogP contribution in [0.25, 0.3) is 0 Å². The predicted octanol–water partition coefficient (Wildman–Crippen LogP) is 4.24. The Morgan fingerprint density at radius 3 is 2.43 bits per heavy atom. The van der Waals surface area contributed by atoms with E-state index < -0.39 is 5.91 Å². The highest BCUT2D eigenvalue weighted by atomic mass is 79.9. The van der Waals surface area contributed by atoms with E-state index in [9.17, 15) is 4.79 Å². The average molecular weight is 391 g/mol. The third-order valence-electron chi connectivity index (χ3n) is 2.93. The first-order valence-electron chi connectivity index (χ1n) is 6.73. The van der Waals surface area contributed by atoms with Gasteiger partial charge in [0.05, 0.1) is 0 Å². The predicted molar refractivity (Wildman–Crippen MR) is 94.8 cm³/mol. The van der Waals surface area contributed by atoms with Crippen LogP contribution in [-0.2, 0) is 11.3 Å². The molecule has 2 aromatic carbocycles. The molecular weight excluding hydrogens is 378 g/mol. The second-order valence-electron chi connectivity index (χ2n) is 4.64. The first-order chi connectivity index (χ1) is 11.1. The van der Waals surface area contributed by atoms with Crippen LogP contribution < -0.4 is 10.6 Å².